The van der Waals surface area contributed by atoms with Crippen LogP contribution in [-0.2, 0) is 14.3 Å². The van der Waals surface area contributed by atoms with E-state index in [0.29, 0.717) is 32.6 Å². The van der Waals surface area contributed by atoms with Crippen LogP contribution in [0.5, 0.6) is 0 Å². The van der Waals surface area contributed by atoms with Crippen molar-refractivity contribution >= 4 is 40.9 Å². The first-order valence-electron chi connectivity index (χ1n) is 10.9. The zero-order valence-electron chi connectivity index (χ0n) is 19.8. The Morgan fingerprint density at radius 1 is 1.23 bits per heavy atom. The monoisotopic (exact) mass is 507 g/mol. The summed E-state index contributed by atoms with van der Waals surface area (Å²) < 4.78 is 5.32. The average Bonchev–Trinajstić information content (AvgIpc) is 2.83. The van der Waals surface area contributed by atoms with Gasteiger partial charge in [0.1, 0.15) is 6.61 Å². The molecule has 180 valence electrons. The first-order chi connectivity index (χ1) is 16.7. The number of halogens is 1. The zero-order chi connectivity index (χ0) is 25.5. The summed E-state index contributed by atoms with van der Waals surface area (Å²) in [5.74, 6) is -1.33. The Labute approximate surface area is 214 Å². The van der Waals surface area contributed by atoms with E-state index in [0.717, 1.165) is 16.7 Å². The Bertz CT molecular complexity index is 1260. The van der Waals surface area contributed by atoms with Gasteiger partial charge in [0.05, 0.1) is 33.9 Å². The summed E-state index contributed by atoms with van der Waals surface area (Å²) in [6, 6.07) is 15.2. The highest BCUT2D eigenvalue weighted by atomic mass is 35.5. The van der Waals surface area contributed by atoms with Crippen molar-refractivity contribution in [3.05, 3.63) is 98.7 Å². The van der Waals surface area contributed by atoms with Crippen LogP contribution in [0.3, 0.4) is 0 Å². The van der Waals surface area contributed by atoms with E-state index in [2.05, 4.69) is 23.3 Å². The fourth-order valence-electron chi connectivity index (χ4n) is 3.61. The number of carbonyl (C=O) groups is 2. The third-order valence-electron chi connectivity index (χ3n) is 5.41. The molecule has 0 bridgehead atoms. The minimum Gasteiger partial charge on any atom is -0.458 e. The number of allylic oxidation sites excluding steroid dienone is 2. The van der Waals surface area contributed by atoms with Gasteiger partial charge in [-0.2, -0.15) is 5.26 Å². The maximum Gasteiger partial charge on any atom is 0.337 e. The van der Waals surface area contributed by atoms with Crippen LogP contribution in [0.25, 0.3) is 0 Å². The van der Waals surface area contributed by atoms with Gasteiger partial charge in [-0.1, -0.05) is 71.9 Å². The third-order valence-corrected chi connectivity index (χ3v) is 6.84. The minimum absolute atomic E-state index is 0.0587. The molecule has 1 unspecified atom stereocenters. The summed E-state index contributed by atoms with van der Waals surface area (Å²) in [4.78, 5) is 25.5. The SMILES string of the molecule is C=CCOC(=O)C1=C(C)NC(SCC(=O)Nc2ccc(C)c(Cl)c2)=C(C#N)C1c1ccc(C)cc1. The van der Waals surface area contributed by atoms with Crippen LogP contribution >= 0.6 is 23.4 Å². The van der Waals surface area contributed by atoms with E-state index in [9.17, 15) is 14.9 Å². The van der Waals surface area contributed by atoms with Crippen molar-refractivity contribution in [3.63, 3.8) is 0 Å². The summed E-state index contributed by atoms with van der Waals surface area (Å²) in [5, 5.41) is 17.2. The van der Waals surface area contributed by atoms with Crippen molar-refractivity contribution in [2.45, 2.75) is 26.7 Å². The molecule has 0 spiro atoms. The molecule has 2 N–H and O–H groups in total. The second-order valence-electron chi connectivity index (χ2n) is 8.05. The predicted octanol–water partition coefficient (Wildman–Crippen LogP) is 5.75. The highest BCUT2D eigenvalue weighted by Gasteiger charge is 2.35. The van der Waals surface area contributed by atoms with Gasteiger partial charge >= 0.3 is 5.97 Å². The quantitative estimate of drug-likeness (QED) is 0.349. The molecule has 35 heavy (non-hydrogen) atoms. The van der Waals surface area contributed by atoms with Crippen molar-refractivity contribution in [1.29, 1.82) is 5.26 Å². The molecule has 1 atom stereocenters. The number of rotatable bonds is 8. The normalized spacial score (nSPS) is 15.2. The van der Waals surface area contributed by atoms with E-state index in [1.807, 2.05) is 44.2 Å². The molecule has 0 saturated carbocycles. The molecule has 1 amide bonds. The lowest BCUT2D eigenvalue weighted by Crippen LogP contribution is -2.29. The minimum atomic E-state index is -0.624. The van der Waals surface area contributed by atoms with Crippen molar-refractivity contribution in [2.24, 2.45) is 0 Å². The number of ether oxygens (including phenoxy) is 1. The van der Waals surface area contributed by atoms with Gasteiger partial charge in [0.25, 0.3) is 0 Å². The molecular weight excluding hydrogens is 482 g/mol. The molecule has 0 aromatic heterocycles. The van der Waals surface area contributed by atoms with Crippen LogP contribution < -0.4 is 10.6 Å². The van der Waals surface area contributed by atoms with E-state index >= 15 is 0 Å². The van der Waals surface area contributed by atoms with E-state index in [1.165, 1.54) is 17.8 Å². The molecule has 0 radical (unpaired) electrons. The molecule has 0 fully saturated rings. The lowest BCUT2D eigenvalue weighted by molar-refractivity contribution is -0.138. The van der Waals surface area contributed by atoms with Crippen LogP contribution in [0.15, 0.2) is 77.0 Å². The number of aryl methyl sites for hydroxylation is 2. The van der Waals surface area contributed by atoms with Gasteiger partial charge in [0.2, 0.25) is 5.91 Å². The molecule has 1 aliphatic heterocycles. The Hall–Kier alpha value is -3.47. The number of hydrogen-bond donors (Lipinski definition) is 2. The highest BCUT2D eigenvalue weighted by Crippen LogP contribution is 2.41. The Kier molecular flexibility index (Phi) is 8.80. The number of nitrogens with zero attached hydrogens (tertiary/aromatic N) is 1. The Morgan fingerprint density at radius 2 is 1.94 bits per heavy atom. The van der Waals surface area contributed by atoms with E-state index in [4.69, 9.17) is 16.3 Å². The summed E-state index contributed by atoms with van der Waals surface area (Å²) >= 11 is 7.35. The smallest absolute Gasteiger partial charge is 0.337 e. The number of anilines is 1. The lowest BCUT2D eigenvalue weighted by Gasteiger charge is -2.29. The third kappa shape index (κ3) is 6.36. The Balaban J connectivity index is 1.88. The molecule has 8 heteroatoms. The number of benzene rings is 2. The zero-order valence-corrected chi connectivity index (χ0v) is 21.3. The van der Waals surface area contributed by atoms with E-state index < -0.39 is 11.9 Å². The number of amides is 1. The molecule has 6 nitrogen and oxygen atoms in total. The highest BCUT2D eigenvalue weighted by molar-refractivity contribution is 8.03. The van der Waals surface area contributed by atoms with Gasteiger partial charge < -0.3 is 15.4 Å². The lowest BCUT2D eigenvalue weighted by atomic mass is 9.82. The van der Waals surface area contributed by atoms with Crippen LogP contribution in [-0.4, -0.2) is 24.2 Å². The molecule has 2 aromatic rings. The van der Waals surface area contributed by atoms with Crippen LogP contribution in [0, 0.1) is 25.2 Å². The fourth-order valence-corrected chi connectivity index (χ4v) is 4.68. The molecular formula is C27H26ClN3O3S. The number of carbonyl (C=O) groups excluding carboxylic acids is 2. The second kappa shape index (κ2) is 11.8. The van der Waals surface area contributed by atoms with Crippen LogP contribution in [0.4, 0.5) is 5.69 Å². The van der Waals surface area contributed by atoms with Crippen molar-refractivity contribution < 1.29 is 14.3 Å². The molecule has 0 saturated heterocycles. The number of nitrogens with one attached hydrogen (secondary N) is 2. The molecule has 3 rings (SSSR count). The van der Waals surface area contributed by atoms with Crippen LogP contribution in [0.2, 0.25) is 5.02 Å². The van der Waals surface area contributed by atoms with E-state index in [1.54, 1.807) is 19.1 Å². The molecule has 1 aliphatic rings. The largest absolute Gasteiger partial charge is 0.458 e. The van der Waals surface area contributed by atoms with Crippen molar-refractivity contribution in [1.82, 2.24) is 5.32 Å². The maximum atomic E-state index is 12.9. The van der Waals surface area contributed by atoms with Crippen molar-refractivity contribution in [2.75, 3.05) is 17.7 Å². The summed E-state index contributed by atoms with van der Waals surface area (Å²) in [7, 11) is 0. The predicted molar refractivity (Wildman–Crippen MR) is 141 cm³/mol. The summed E-state index contributed by atoms with van der Waals surface area (Å²) in [6.07, 6.45) is 1.49. The second-order valence-corrected chi connectivity index (χ2v) is 9.44. The standard InChI is InChI=1S/C27H26ClN3O3S/c1-5-12-34-27(33)24-18(4)30-26(21(14-29)25(24)19-9-6-16(2)7-10-19)35-15-23(32)31-20-11-8-17(3)22(28)13-20/h5-11,13,25,30H,1,12,15H2,2-4H3,(H,31,32). The first-order valence-corrected chi connectivity index (χ1v) is 12.3. The number of nitriles is 1. The van der Waals surface area contributed by atoms with Gasteiger partial charge in [0, 0.05) is 16.4 Å². The van der Waals surface area contributed by atoms with Gasteiger partial charge in [-0.15, -0.1) is 0 Å². The summed E-state index contributed by atoms with van der Waals surface area (Å²) in [6.45, 7) is 9.26. The number of hydrogen-bond acceptors (Lipinski definition) is 6. The summed E-state index contributed by atoms with van der Waals surface area (Å²) in [5.41, 5.74) is 4.63. The van der Waals surface area contributed by atoms with Gasteiger partial charge in [-0.3, -0.25) is 4.79 Å². The van der Waals surface area contributed by atoms with Crippen molar-refractivity contribution in [3.8, 4) is 6.07 Å². The Morgan fingerprint density at radius 3 is 2.57 bits per heavy atom. The number of dihydropyridines is 1. The molecule has 2 aromatic carbocycles. The maximum absolute atomic E-state index is 12.9. The molecule has 1 heterocycles. The topological polar surface area (TPSA) is 91.2 Å². The van der Waals surface area contributed by atoms with Gasteiger partial charge in [-0.25, -0.2) is 4.79 Å². The van der Waals surface area contributed by atoms with E-state index in [-0.39, 0.29) is 18.3 Å². The van der Waals surface area contributed by atoms with Gasteiger partial charge in [-0.05, 0) is 44.0 Å². The number of esters is 1. The number of thioether (sulfide) groups is 1. The first kappa shape index (κ1) is 26.1. The van der Waals surface area contributed by atoms with Gasteiger partial charge in [0.15, 0.2) is 0 Å². The average molecular weight is 508 g/mol. The fraction of sp³-hybridized carbons (Fsp3) is 0.222. The van der Waals surface area contributed by atoms with Crippen LogP contribution in [0.1, 0.15) is 29.5 Å². The molecule has 0 aliphatic carbocycles.